The summed E-state index contributed by atoms with van der Waals surface area (Å²) in [4.78, 5) is 2.63. The summed E-state index contributed by atoms with van der Waals surface area (Å²) in [5, 5.41) is 13.1. The predicted octanol–water partition coefficient (Wildman–Crippen LogP) is 2.60. The minimum absolute atomic E-state index is 0.291. The largest absolute Gasteiger partial charge is 0.396 e. The number of hydrogen-bond donors (Lipinski definition) is 2. The van der Waals surface area contributed by atoms with Crippen molar-refractivity contribution in [1.29, 1.82) is 0 Å². The molecule has 1 aromatic rings. The molecule has 0 amide bonds. The lowest BCUT2D eigenvalue weighted by Crippen LogP contribution is -2.43. The molecular weight excluding hydrogens is 304 g/mol. The van der Waals surface area contributed by atoms with Crippen molar-refractivity contribution in [2.24, 2.45) is 11.8 Å². The van der Waals surface area contributed by atoms with Crippen LogP contribution in [0, 0.1) is 11.8 Å². The number of hydrogen-bond acceptors (Lipinski definition) is 4. The van der Waals surface area contributed by atoms with Crippen LogP contribution in [-0.4, -0.2) is 53.8 Å². The molecule has 3 rings (SSSR count). The molecule has 1 aliphatic carbocycles. The van der Waals surface area contributed by atoms with Crippen LogP contribution in [0.15, 0.2) is 30.3 Å². The molecule has 4 unspecified atom stereocenters. The molecule has 23 heavy (non-hydrogen) atoms. The highest BCUT2D eigenvalue weighted by Crippen LogP contribution is 2.39. The molecule has 2 fully saturated rings. The molecular formula is C19H30N2OS. The average Bonchev–Trinajstić information content (AvgIpc) is 3.10. The second-order valence-corrected chi connectivity index (χ2v) is 8.03. The third-order valence-electron chi connectivity index (χ3n) is 5.48. The summed E-state index contributed by atoms with van der Waals surface area (Å²) in [6.07, 6.45) is 5.70. The lowest BCUT2D eigenvalue weighted by molar-refractivity contribution is 0.249. The number of likely N-dealkylation sites (tertiary alicyclic amines) is 1. The van der Waals surface area contributed by atoms with E-state index in [0.717, 1.165) is 30.6 Å². The van der Waals surface area contributed by atoms with Gasteiger partial charge in [-0.05, 0) is 42.9 Å². The minimum atomic E-state index is 0.291. The number of rotatable bonds is 8. The van der Waals surface area contributed by atoms with Crippen LogP contribution >= 0.6 is 11.8 Å². The first kappa shape index (κ1) is 17.3. The zero-order chi connectivity index (χ0) is 16.1. The van der Waals surface area contributed by atoms with Gasteiger partial charge in [0.15, 0.2) is 0 Å². The predicted molar refractivity (Wildman–Crippen MR) is 98.7 cm³/mol. The van der Waals surface area contributed by atoms with Crippen LogP contribution in [0.4, 0.5) is 0 Å². The zero-order valence-electron chi connectivity index (χ0n) is 14.2. The van der Waals surface area contributed by atoms with Gasteiger partial charge in [0.25, 0.3) is 0 Å². The summed E-state index contributed by atoms with van der Waals surface area (Å²) in [5.41, 5.74) is 1.43. The number of aliphatic hydroxyl groups is 1. The third kappa shape index (κ3) is 4.50. The topological polar surface area (TPSA) is 35.5 Å². The quantitative estimate of drug-likeness (QED) is 0.766. The van der Waals surface area contributed by atoms with Gasteiger partial charge in [-0.25, -0.2) is 0 Å². The van der Waals surface area contributed by atoms with Gasteiger partial charge in [0.2, 0.25) is 0 Å². The van der Waals surface area contributed by atoms with Crippen LogP contribution in [0.25, 0.3) is 0 Å². The maximum atomic E-state index is 9.27. The van der Waals surface area contributed by atoms with E-state index >= 15 is 0 Å². The van der Waals surface area contributed by atoms with E-state index in [1.165, 1.54) is 31.5 Å². The van der Waals surface area contributed by atoms with Gasteiger partial charge in [-0.3, -0.25) is 4.90 Å². The van der Waals surface area contributed by atoms with Gasteiger partial charge in [0.1, 0.15) is 0 Å². The summed E-state index contributed by atoms with van der Waals surface area (Å²) in [6, 6.07) is 11.9. The van der Waals surface area contributed by atoms with Crippen molar-refractivity contribution < 1.29 is 5.11 Å². The van der Waals surface area contributed by atoms with Crippen molar-refractivity contribution in [2.75, 3.05) is 31.7 Å². The van der Waals surface area contributed by atoms with E-state index in [2.05, 4.69) is 46.8 Å². The van der Waals surface area contributed by atoms with Gasteiger partial charge in [0, 0.05) is 44.1 Å². The molecule has 128 valence electrons. The maximum Gasteiger partial charge on any atom is 0.0446 e. The Morgan fingerprint density at radius 1 is 1.26 bits per heavy atom. The molecule has 1 heterocycles. The van der Waals surface area contributed by atoms with E-state index in [1.54, 1.807) is 0 Å². The summed E-state index contributed by atoms with van der Waals surface area (Å²) in [5.74, 6) is 2.75. The van der Waals surface area contributed by atoms with Crippen molar-refractivity contribution in [1.82, 2.24) is 10.2 Å². The smallest absolute Gasteiger partial charge is 0.0446 e. The van der Waals surface area contributed by atoms with Crippen molar-refractivity contribution in [2.45, 2.75) is 37.9 Å². The highest BCUT2D eigenvalue weighted by Gasteiger charge is 2.42. The number of fused-ring (bicyclic) bond motifs is 1. The van der Waals surface area contributed by atoms with Crippen molar-refractivity contribution >= 4 is 11.8 Å². The molecule has 1 saturated heterocycles. The molecule has 0 bridgehead atoms. The van der Waals surface area contributed by atoms with Gasteiger partial charge in [-0.2, -0.15) is 11.8 Å². The molecule has 0 spiro atoms. The van der Waals surface area contributed by atoms with Gasteiger partial charge in [-0.1, -0.05) is 30.3 Å². The summed E-state index contributed by atoms with van der Waals surface area (Å²) in [7, 11) is 0. The SMILES string of the molecule is CSCC(CCO)NC1CCC2CN(Cc3ccccc3)CC21. The lowest BCUT2D eigenvalue weighted by Gasteiger charge is -2.27. The number of benzene rings is 1. The highest BCUT2D eigenvalue weighted by atomic mass is 32.2. The maximum absolute atomic E-state index is 9.27. The van der Waals surface area contributed by atoms with Crippen LogP contribution in [0.3, 0.4) is 0 Å². The molecule has 0 aromatic heterocycles. The number of thioether (sulfide) groups is 1. The zero-order valence-corrected chi connectivity index (χ0v) is 15.0. The summed E-state index contributed by atoms with van der Waals surface area (Å²) in [6.45, 7) is 3.86. The lowest BCUT2D eigenvalue weighted by atomic mass is 9.97. The first-order chi connectivity index (χ1) is 11.3. The molecule has 3 nitrogen and oxygen atoms in total. The molecule has 1 aromatic carbocycles. The number of nitrogens with one attached hydrogen (secondary N) is 1. The number of nitrogens with zero attached hydrogens (tertiary/aromatic N) is 1. The van der Waals surface area contributed by atoms with Crippen LogP contribution in [0.2, 0.25) is 0 Å². The van der Waals surface area contributed by atoms with Gasteiger partial charge in [-0.15, -0.1) is 0 Å². The summed E-state index contributed by atoms with van der Waals surface area (Å²) >= 11 is 1.88. The Bertz CT molecular complexity index is 464. The molecule has 4 atom stereocenters. The Labute approximate surface area is 144 Å². The molecule has 1 saturated carbocycles. The fourth-order valence-corrected chi connectivity index (χ4v) is 5.08. The van der Waals surface area contributed by atoms with E-state index < -0.39 is 0 Å². The van der Waals surface area contributed by atoms with E-state index in [1.807, 2.05) is 11.8 Å². The van der Waals surface area contributed by atoms with Crippen molar-refractivity contribution in [3.8, 4) is 0 Å². The van der Waals surface area contributed by atoms with E-state index in [-0.39, 0.29) is 0 Å². The van der Waals surface area contributed by atoms with Gasteiger partial charge >= 0.3 is 0 Å². The Balaban J connectivity index is 1.54. The average molecular weight is 335 g/mol. The molecule has 0 radical (unpaired) electrons. The Hall–Kier alpha value is -0.550. The standard InChI is InChI=1S/C19H30N2OS/c1-23-14-17(9-10-22)20-19-8-7-16-12-21(13-18(16)19)11-15-5-3-2-4-6-15/h2-6,16-20,22H,7-14H2,1H3. The van der Waals surface area contributed by atoms with Crippen molar-refractivity contribution in [3.63, 3.8) is 0 Å². The Morgan fingerprint density at radius 3 is 2.83 bits per heavy atom. The normalized spacial score (nSPS) is 28.9. The highest BCUT2D eigenvalue weighted by molar-refractivity contribution is 7.98. The second-order valence-electron chi connectivity index (χ2n) is 7.12. The van der Waals surface area contributed by atoms with Crippen LogP contribution < -0.4 is 5.32 Å². The molecule has 1 aliphatic heterocycles. The fraction of sp³-hybridized carbons (Fsp3) is 0.684. The van der Waals surface area contributed by atoms with Gasteiger partial charge in [0.05, 0.1) is 0 Å². The third-order valence-corrected chi connectivity index (χ3v) is 6.21. The van der Waals surface area contributed by atoms with Gasteiger partial charge < -0.3 is 10.4 Å². The first-order valence-corrected chi connectivity index (χ1v) is 10.3. The number of aliphatic hydroxyl groups excluding tert-OH is 1. The van der Waals surface area contributed by atoms with Crippen molar-refractivity contribution in [3.05, 3.63) is 35.9 Å². The fourth-order valence-electron chi connectivity index (χ4n) is 4.41. The van der Waals surface area contributed by atoms with E-state index in [4.69, 9.17) is 0 Å². The van der Waals surface area contributed by atoms with Crippen LogP contribution in [0.1, 0.15) is 24.8 Å². The summed E-state index contributed by atoms with van der Waals surface area (Å²) < 4.78 is 0. The molecule has 2 aliphatic rings. The Kier molecular flexibility index (Phi) is 6.40. The molecule has 4 heteroatoms. The first-order valence-electron chi connectivity index (χ1n) is 8.92. The Morgan fingerprint density at radius 2 is 2.09 bits per heavy atom. The van der Waals surface area contributed by atoms with E-state index in [0.29, 0.717) is 18.7 Å². The van der Waals surface area contributed by atoms with E-state index in [9.17, 15) is 5.11 Å². The minimum Gasteiger partial charge on any atom is -0.396 e. The van der Waals surface area contributed by atoms with Crippen LogP contribution in [0.5, 0.6) is 0 Å². The monoisotopic (exact) mass is 334 g/mol. The second kappa shape index (κ2) is 8.52. The van der Waals surface area contributed by atoms with Crippen LogP contribution in [-0.2, 0) is 6.54 Å². The molecule has 2 N–H and O–H groups in total.